The third-order valence-corrected chi connectivity index (χ3v) is 5.51. The molecule has 120 valence electrons. The fraction of sp³-hybridized carbons (Fsp3) is 0.353. The van der Waals surface area contributed by atoms with Gasteiger partial charge in [0, 0.05) is 21.5 Å². The Morgan fingerprint density at radius 2 is 1.91 bits per heavy atom. The Balaban J connectivity index is 1.57. The number of fused-ring (bicyclic) bond motifs is 1. The summed E-state index contributed by atoms with van der Waals surface area (Å²) in [6.45, 7) is 6.25. The van der Waals surface area contributed by atoms with Gasteiger partial charge in [-0.25, -0.2) is 9.50 Å². The van der Waals surface area contributed by atoms with Crippen LogP contribution in [0.25, 0.3) is 5.78 Å². The molecule has 0 spiro atoms. The largest absolute Gasteiger partial charge is 0.253 e. The zero-order valence-electron chi connectivity index (χ0n) is 13.6. The van der Waals surface area contributed by atoms with Crippen LogP contribution in [0.3, 0.4) is 0 Å². The van der Waals surface area contributed by atoms with Crippen molar-refractivity contribution in [2.45, 2.75) is 42.5 Å². The van der Waals surface area contributed by atoms with Gasteiger partial charge in [0.1, 0.15) is 0 Å². The van der Waals surface area contributed by atoms with E-state index in [1.165, 1.54) is 4.90 Å². The van der Waals surface area contributed by atoms with Crippen molar-refractivity contribution in [1.82, 2.24) is 19.6 Å². The van der Waals surface area contributed by atoms with Gasteiger partial charge in [-0.2, -0.15) is 4.98 Å². The number of hydrogen-bond acceptors (Lipinski definition) is 5. The highest BCUT2D eigenvalue weighted by atomic mass is 32.2. The van der Waals surface area contributed by atoms with E-state index in [0.717, 1.165) is 28.7 Å². The maximum atomic E-state index is 4.56. The van der Waals surface area contributed by atoms with Crippen molar-refractivity contribution < 1.29 is 0 Å². The van der Waals surface area contributed by atoms with Crippen molar-refractivity contribution in [2.75, 3.05) is 5.75 Å². The second-order valence-electron chi connectivity index (χ2n) is 5.52. The van der Waals surface area contributed by atoms with Crippen molar-refractivity contribution in [3.05, 3.63) is 47.8 Å². The maximum absolute atomic E-state index is 4.56. The molecule has 1 aromatic carbocycles. The Morgan fingerprint density at radius 3 is 2.70 bits per heavy atom. The summed E-state index contributed by atoms with van der Waals surface area (Å²) in [5.74, 6) is 1.79. The minimum Gasteiger partial charge on any atom is -0.216 e. The minimum atomic E-state index is 0.477. The van der Waals surface area contributed by atoms with Gasteiger partial charge < -0.3 is 0 Å². The average Bonchev–Trinajstić information content (AvgIpc) is 2.91. The van der Waals surface area contributed by atoms with Crippen LogP contribution in [0.15, 0.2) is 46.5 Å². The van der Waals surface area contributed by atoms with Crippen LogP contribution in [0, 0.1) is 13.8 Å². The highest BCUT2D eigenvalue weighted by molar-refractivity contribution is 8.00. The van der Waals surface area contributed by atoms with Crippen molar-refractivity contribution >= 4 is 29.3 Å². The molecule has 3 rings (SSSR count). The molecule has 1 atom stereocenters. The first-order chi connectivity index (χ1) is 11.1. The minimum absolute atomic E-state index is 0.477. The number of hydrogen-bond donors (Lipinski definition) is 0. The van der Waals surface area contributed by atoms with E-state index >= 15 is 0 Å². The third-order valence-electron chi connectivity index (χ3n) is 3.44. The molecule has 0 N–H and O–H groups in total. The number of aromatic nitrogens is 4. The van der Waals surface area contributed by atoms with Crippen LogP contribution in [0.2, 0.25) is 0 Å². The van der Waals surface area contributed by atoms with E-state index in [1.807, 2.05) is 36.2 Å². The van der Waals surface area contributed by atoms with Crippen LogP contribution < -0.4 is 0 Å². The second kappa shape index (κ2) is 7.36. The summed E-state index contributed by atoms with van der Waals surface area (Å²) in [6, 6.07) is 12.5. The lowest BCUT2D eigenvalue weighted by Crippen LogP contribution is -1.99. The maximum Gasteiger partial charge on any atom is 0.253 e. The highest BCUT2D eigenvalue weighted by Crippen LogP contribution is 2.26. The van der Waals surface area contributed by atoms with Gasteiger partial charge in [0.2, 0.25) is 5.16 Å². The first-order valence-electron chi connectivity index (χ1n) is 7.67. The number of nitrogens with zero attached hydrogens (tertiary/aromatic N) is 4. The topological polar surface area (TPSA) is 43.1 Å². The summed E-state index contributed by atoms with van der Waals surface area (Å²) in [4.78, 5) is 10.3. The zero-order valence-corrected chi connectivity index (χ0v) is 15.2. The first-order valence-corrected chi connectivity index (χ1v) is 9.54. The molecule has 0 unspecified atom stereocenters. The third kappa shape index (κ3) is 4.26. The van der Waals surface area contributed by atoms with E-state index in [1.54, 1.807) is 11.8 Å². The Hall–Kier alpha value is -1.53. The fourth-order valence-electron chi connectivity index (χ4n) is 2.30. The lowest BCUT2D eigenvalue weighted by Gasteiger charge is -2.08. The summed E-state index contributed by atoms with van der Waals surface area (Å²) in [6.07, 6.45) is 1.12. The van der Waals surface area contributed by atoms with Crippen LogP contribution in [-0.4, -0.2) is 30.6 Å². The van der Waals surface area contributed by atoms with Crippen LogP contribution in [0.5, 0.6) is 0 Å². The molecule has 0 aliphatic heterocycles. The molecule has 0 aliphatic carbocycles. The SMILES string of the molecule is Cc1cc(C)n2nc(S[C@H](C)CCSc3ccccc3)nc2n1. The Bertz CT molecular complexity index is 786. The summed E-state index contributed by atoms with van der Waals surface area (Å²) in [5.41, 5.74) is 2.05. The molecule has 0 amide bonds. The number of aryl methyl sites for hydroxylation is 2. The van der Waals surface area contributed by atoms with Crippen molar-refractivity contribution in [1.29, 1.82) is 0 Å². The van der Waals surface area contributed by atoms with E-state index in [4.69, 9.17) is 0 Å². The quantitative estimate of drug-likeness (QED) is 0.620. The molecule has 4 nitrogen and oxygen atoms in total. The van der Waals surface area contributed by atoms with Crippen molar-refractivity contribution in [2.24, 2.45) is 0 Å². The lowest BCUT2D eigenvalue weighted by molar-refractivity contribution is 0.835. The molecular formula is C17H20N4S2. The van der Waals surface area contributed by atoms with Gasteiger partial charge >= 0.3 is 0 Å². The van der Waals surface area contributed by atoms with E-state index in [-0.39, 0.29) is 0 Å². The number of benzene rings is 1. The van der Waals surface area contributed by atoms with Crippen molar-refractivity contribution in [3.8, 4) is 0 Å². The molecule has 3 aromatic rings. The molecule has 2 heterocycles. The van der Waals surface area contributed by atoms with Crippen molar-refractivity contribution in [3.63, 3.8) is 0 Å². The number of thioether (sulfide) groups is 2. The average molecular weight is 345 g/mol. The molecule has 0 bridgehead atoms. The number of rotatable bonds is 6. The van der Waals surface area contributed by atoms with E-state index in [2.05, 4.69) is 52.3 Å². The van der Waals surface area contributed by atoms with Crippen LogP contribution >= 0.6 is 23.5 Å². The monoisotopic (exact) mass is 344 g/mol. The normalized spacial score (nSPS) is 12.7. The molecular weight excluding hydrogens is 324 g/mol. The first kappa shape index (κ1) is 16.3. The van der Waals surface area contributed by atoms with E-state index < -0.39 is 0 Å². The Kier molecular flexibility index (Phi) is 5.23. The molecule has 23 heavy (non-hydrogen) atoms. The van der Waals surface area contributed by atoms with Gasteiger partial charge in [-0.3, -0.25) is 0 Å². The molecule has 0 aliphatic rings. The Labute approximate surface area is 145 Å². The second-order valence-corrected chi connectivity index (χ2v) is 8.10. The molecule has 6 heteroatoms. The summed E-state index contributed by atoms with van der Waals surface area (Å²) >= 11 is 3.62. The van der Waals surface area contributed by atoms with Gasteiger partial charge in [-0.15, -0.1) is 16.9 Å². The predicted octanol–water partition coefficient (Wildman–Crippen LogP) is 4.40. The summed E-state index contributed by atoms with van der Waals surface area (Å²) < 4.78 is 1.82. The summed E-state index contributed by atoms with van der Waals surface area (Å²) in [7, 11) is 0. The van der Waals surface area contributed by atoms with Gasteiger partial charge in [0.25, 0.3) is 5.78 Å². The Morgan fingerprint density at radius 1 is 1.13 bits per heavy atom. The smallest absolute Gasteiger partial charge is 0.216 e. The van der Waals surface area contributed by atoms with Crippen LogP contribution in [0.1, 0.15) is 24.7 Å². The molecule has 2 aromatic heterocycles. The van der Waals surface area contributed by atoms with Gasteiger partial charge in [0.15, 0.2) is 0 Å². The van der Waals surface area contributed by atoms with Gasteiger partial charge in [0.05, 0.1) is 0 Å². The zero-order chi connectivity index (χ0) is 16.2. The van der Waals surface area contributed by atoms with Crippen LogP contribution in [-0.2, 0) is 0 Å². The van der Waals surface area contributed by atoms with Crippen LogP contribution in [0.4, 0.5) is 0 Å². The molecule has 0 fully saturated rings. The lowest BCUT2D eigenvalue weighted by atomic mass is 10.4. The standard InChI is InChI=1S/C17H20N4S2/c1-12-11-13(2)21-16(18-12)19-17(20-21)23-14(3)9-10-22-15-7-5-4-6-8-15/h4-8,11,14H,9-10H2,1-3H3/t14-/m1/s1. The molecule has 0 saturated heterocycles. The van der Waals surface area contributed by atoms with Gasteiger partial charge in [-0.05, 0) is 44.2 Å². The molecule has 0 radical (unpaired) electrons. The molecule has 0 saturated carbocycles. The fourth-order valence-corrected chi connectivity index (χ4v) is 4.36. The van der Waals surface area contributed by atoms with E-state index in [0.29, 0.717) is 11.0 Å². The predicted molar refractivity (Wildman–Crippen MR) is 97.4 cm³/mol. The van der Waals surface area contributed by atoms with E-state index in [9.17, 15) is 0 Å². The highest BCUT2D eigenvalue weighted by Gasteiger charge is 2.12. The van der Waals surface area contributed by atoms with Gasteiger partial charge in [-0.1, -0.05) is 36.9 Å². The summed E-state index contributed by atoms with van der Waals surface area (Å²) in [5, 5.41) is 5.84.